The average Bonchev–Trinajstić information content (AvgIpc) is 2.70. The number of aromatic nitrogens is 2. The van der Waals surface area contributed by atoms with Crippen LogP contribution in [0.25, 0.3) is 5.69 Å². The predicted octanol–water partition coefficient (Wildman–Crippen LogP) is 2.41. The molecule has 0 aliphatic carbocycles. The molecule has 3 rings (SSSR count). The number of anilines is 1. The molecular weight excluding hydrogens is 374 g/mol. The van der Waals surface area contributed by atoms with Crippen LogP contribution in [0.15, 0.2) is 52.2 Å². The summed E-state index contributed by atoms with van der Waals surface area (Å²) in [4.78, 5) is 40.5. The second-order valence-electron chi connectivity index (χ2n) is 6.41. The molecule has 150 valence electrons. The highest BCUT2D eigenvalue weighted by molar-refractivity contribution is 6.04. The molecule has 0 atom stereocenters. The number of ether oxygens (including phenoxy) is 2. The SMILES string of the molecule is COc1ccc(-n2c(=O)[nH]cc(C(=O)Nc3c(C)cccc3C)c2=O)cc1OC. The fourth-order valence-electron chi connectivity index (χ4n) is 3.03. The fourth-order valence-corrected chi connectivity index (χ4v) is 3.03. The van der Waals surface area contributed by atoms with Crippen LogP contribution >= 0.6 is 0 Å². The highest BCUT2D eigenvalue weighted by Gasteiger charge is 2.18. The zero-order chi connectivity index (χ0) is 21.1. The van der Waals surface area contributed by atoms with Gasteiger partial charge in [0, 0.05) is 18.0 Å². The van der Waals surface area contributed by atoms with E-state index in [1.807, 2.05) is 32.0 Å². The van der Waals surface area contributed by atoms with Gasteiger partial charge >= 0.3 is 5.69 Å². The first-order valence-electron chi connectivity index (χ1n) is 8.82. The average molecular weight is 395 g/mol. The molecule has 3 aromatic rings. The van der Waals surface area contributed by atoms with Crippen LogP contribution in [0.3, 0.4) is 0 Å². The molecule has 8 nitrogen and oxygen atoms in total. The first kappa shape index (κ1) is 19.9. The van der Waals surface area contributed by atoms with Crippen LogP contribution in [0, 0.1) is 13.8 Å². The van der Waals surface area contributed by atoms with E-state index in [1.165, 1.54) is 26.4 Å². The Bertz CT molecular complexity index is 1170. The first-order valence-corrected chi connectivity index (χ1v) is 8.82. The topological polar surface area (TPSA) is 102 Å². The number of nitrogens with one attached hydrogen (secondary N) is 2. The summed E-state index contributed by atoms with van der Waals surface area (Å²) in [5.74, 6) is 0.184. The molecule has 0 saturated carbocycles. The molecule has 1 aromatic heterocycles. The Labute approximate surface area is 166 Å². The Morgan fingerprint density at radius 2 is 1.66 bits per heavy atom. The summed E-state index contributed by atoms with van der Waals surface area (Å²) in [6, 6.07) is 10.2. The molecule has 2 N–H and O–H groups in total. The molecule has 0 unspecified atom stereocenters. The van der Waals surface area contributed by atoms with E-state index in [0.29, 0.717) is 17.2 Å². The Morgan fingerprint density at radius 1 is 1.00 bits per heavy atom. The van der Waals surface area contributed by atoms with Gasteiger partial charge in [-0.05, 0) is 37.1 Å². The molecule has 8 heteroatoms. The zero-order valence-electron chi connectivity index (χ0n) is 16.5. The largest absolute Gasteiger partial charge is 0.493 e. The Morgan fingerprint density at radius 3 is 2.28 bits per heavy atom. The highest BCUT2D eigenvalue weighted by Crippen LogP contribution is 2.28. The van der Waals surface area contributed by atoms with Crippen molar-refractivity contribution in [3.63, 3.8) is 0 Å². The van der Waals surface area contributed by atoms with Gasteiger partial charge in [0.2, 0.25) is 0 Å². The quantitative estimate of drug-likeness (QED) is 0.691. The minimum Gasteiger partial charge on any atom is -0.493 e. The van der Waals surface area contributed by atoms with E-state index >= 15 is 0 Å². The number of amides is 1. The highest BCUT2D eigenvalue weighted by atomic mass is 16.5. The van der Waals surface area contributed by atoms with E-state index in [-0.39, 0.29) is 11.3 Å². The van der Waals surface area contributed by atoms with Gasteiger partial charge in [0.25, 0.3) is 11.5 Å². The second-order valence-corrected chi connectivity index (χ2v) is 6.41. The molecule has 29 heavy (non-hydrogen) atoms. The number of rotatable bonds is 5. The van der Waals surface area contributed by atoms with E-state index in [0.717, 1.165) is 21.9 Å². The van der Waals surface area contributed by atoms with Gasteiger partial charge in [0.15, 0.2) is 11.5 Å². The number of carbonyl (C=O) groups excluding carboxylic acids is 1. The third-order valence-corrected chi connectivity index (χ3v) is 4.57. The maximum Gasteiger partial charge on any atom is 0.333 e. The van der Waals surface area contributed by atoms with E-state index in [1.54, 1.807) is 6.07 Å². The van der Waals surface area contributed by atoms with Gasteiger partial charge in [-0.1, -0.05) is 18.2 Å². The monoisotopic (exact) mass is 395 g/mol. The van der Waals surface area contributed by atoms with Gasteiger partial charge in [0.1, 0.15) is 5.56 Å². The van der Waals surface area contributed by atoms with Gasteiger partial charge in [-0.25, -0.2) is 9.36 Å². The van der Waals surface area contributed by atoms with Crippen molar-refractivity contribution in [3.05, 3.63) is 80.1 Å². The Balaban J connectivity index is 2.07. The number of aromatic amines is 1. The van der Waals surface area contributed by atoms with Crippen molar-refractivity contribution < 1.29 is 14.3 Å². The van der Waals surface area contributed by atoms with Crippen LogP contribution < -0.4 is 26.0 Å². The standard InChI is InChI=1S/C21H21N3O5/c1-12-6-5-7-13(2)18(12)23-19(25)15-11-22-21(27)24(20(15)26)14-8-9-16(28-3)17(10-14)29-4/h5-11H,1-4H3,(H,22,27)(H,23,25). The number of para-hydroxylation sites is 1. The molecule has 0 radical (unpaired) electrons. The lowest BCUT2D eigenvalue weighted by atomic mass is 10.1. The fraction of sp³-hybridized carbons (Fsp3) is 0.190. The van der Waals surface area contributed by atoms with E-state index < -0.39 is 17.2 Å². The zero-order valence-corrected chi connectivity index (χ0v) is 16.5. The van der Waals surface area contributed by atoms with Crippen molar-refractivity contribution in [1.29, 1.82) is 0 Å². The lowest BCUT2D eigenvalue weighted by Crippen LogP contribution is -2.38. The van der Waals surface area contributed by atoms with Gasteiger partial charge in [-0.3, -0.25) is 9.59 Å². The molecule has 0 spiro atoms. The van der Waals surface area contributed by atoms with Gasteiger partial charge in [0.05, 0.1) is 19.9 Å². The lowest BCUT2D eigenvalue weighted by Gasteiger charge is -2.13. The van der Waals surface area contributed by atoms with Crippen molar-refractivity contribution in [1.82, 2.24) is 9.55 Å². The Hall–Kier alpha value is -3.81. The second kappa shape index (κ2) is 8.05. The van der Waals surface area contributed by atoms with Gasteiger partial charge < -0.3 is 19.8 Å². The van der Waals surface area contributed by atoms with Crippen LogP contribution in [0.4, 0.5) is 5.69 Å². The van der Waals surface area contributed by atoms with Crippen LogP contribution in [0.2, 0.25) is 0 Å². The normalized spacial score (nSPS) is 10.5. The number of H-pyrrole nitrogens is 1. The number of nitrogens with zero attached hydrogens (tertiary/aromatic N) is 1. The number of benzene rings is 2. The maximum atomic E-state index is 13.0. The first-order chi connectivity index (χ1) is 13.9. The molecule has 0 aliphatic rings. The van der Waals surface area contributed by atoms with Crippen LogP contribution in [-0.4, -0.2) is 29.7 Å². The Kier molecular flexibility index (Phi) is 5.54. The van der Waals surface area contributed by atoms with Crippen LogP contribution in [0.1, 0.15) is 21.5 Å². The van der Waals surface area contributed by atoms with Crippen molar-refractivity contribution in [2.45, 2.75) is 13.8 Å². The van der Waals surface area contributed by atoms with Crippen molar-refractivity contribution in [3.8, 4) is 17.2 Å². The summed E-state index contributed by atoms with van der Waals surface area (Å²) < 4.78 is 11.3. The predicted molar refractivity (Wildman–Crippen MR) is 110 cm³/mol. The van der Waals surface area contributed by atoms with Gasteiger partial charge in [-0.15, -0.1) is 0 Å². The van der Waals surface area contributed by atoms with Gasteiger partial charge in [-0.2, -0.15) is 0 Å². The summed E-state index contributed by atoms with van der Waals surface area (Å²) in [7, 11) is 2.93. The molecule has 0 aliphatic heterocycles. The number of aryl methyl sites for hydroxylation is 2. The molecule has 1 heterocycles. The number of carbonyl (C=O) groups is 1. The summed E-state index contributed by atoms with van der Waals surface area (Å²) in [6.07, 6.45) is 1.12. The number of hydrogen-bond acceptors (Lipinski definition) is 5. The van der Waals surface area contributed by atoms with Crippen LogP contribution in [0.5, 0.6) is 11.5 Å². The van der Waals surface area contributed by atoms with E-state index in [9.17, 15) is 14.4 Å². The van der Waals surface area contributed by atoms with Crippen molar-refractivity contribution in [2.24, 2.45) is 0 Å². The number of hydrogen-bond donors (Lipinski definition) is 2. The third-order valence-electron chi connectivity index (χ3n) is 4.57. The molecule has 0 bridgehead atoms. The lowest BCUT2D eigenvalue weighted by molar-refractivity contribution is 0.102. The van der Waals surface area contributed by atoms with Crippen molar-refractivity contribution >= 4 is 11.6 Å². The van der Waals surface area contributed by atoms with Crippen LogP contribution in [-0.2, 0) is 0 Å². The summed E-state index contributed by atoms with van der Waals surface area (Å²) >= 11 is 0. The van der Waals surface area contributed by atoms with Crippen molar-refractivity contribution in [2.75, 3.05) is 19.5 Å². The number of methoxy groups -OCH3 is 2. The minimum absolute atomic E-state index is 0.193. The summed E-state index contributed by atoms with van der Waals surface area (Å²) in [5, 5.41) is 2.76. The molecular formula is C21H21N3O5. The molecule has 0 saturated heterocycles. The van der Waals surface area contributed by atoms with E-state index in [2.05, 4.69) is 10.3 Å². The smallest absolute Gasteiger partial charge is 0.333 e. The molecule has 2 aromatic carbocycles. The molecule has 0 fully saturated rings. The maximum absolute atomic E-state index is 13.0. The minimum atomic E-state index is -0.746. The molecule has 1 amide bonds. The third kappa shape index (κ3) is 3.77. The summed E-state index contributed by atoms with van der Waals surface area (Å²) in [6.45, 7) is 3.72. The van der Waals surface area contributed by atoms with E-state index in [4.69, 9.17) is 9.47 Å². The summed E-state index contributed by atoms with van der Waals surface area (Å²) in [5.41, 5.74) is 0.986.